The van der Waals surface area contributed by atoms with Crippen LogP contribution in [0.2, 0.25) is 0 Å². The molecule has 2 heterocycles. The third kappa shape index (κ3) is 3.20. The van der Waals surface area contributed by atoms with Crippen molar-refractivity contribution >= 4 is 37.5 Å². The Kier molecular flexibility index (Phi) is 4.49. The highest BCUT2D eigenvalue weighted by Crippen LogP contribution is 2.32. The van der Waals surface area contributed by atoms with Crippen LogP contribution < -0.4 is 9.44 Å². The molecule has 0 saturated carbocycles. The van der Waals surface area contributed by atoms with Gasteiger partial charge in [-0.05, 0) is 18.6 Å². The molecule has 0 amide bonds. The summed E-state index contributed by atoms with van der Waals surface area (Å²) >= 11 is 0.730. The third-order valence-electron chi connectivity index (χ3n) is 2.51. The number of fused-ring (bicyclic) bond motifs is 1. The average Bonchev–Trinajstić information content (AvgIpc) is 2.81. The van der Waals surface area contributed by atoms with E-state index in [4.69, 9.17) is 4.74 Å². The largest absolute Gasteiger partial charge is 0.385 e. The van der Waals surface area contributed by atoms with Gasteiger partial charge in [0.05, 0.1) is 0 Å². The van der Waals surface area contributed by atoms with Gasteiger partial charge < -0.3 is 4.74 Å². The van der Waals surface area contributed by atoms with E-state index in [1.165, 1.54) is 25.5 Å². The van der Waals surface area contributed by atoms with Gasteiger partial charge >= 0.3 is 0 Å². The van der Waals surface area contributed by atoms with E-state index in [0.717, 1.165) is 11.3 Å². The average molecular weight is 338 g/mol. The number of hydrogen-bond acceptors (Lipinski definition) is 6. The molecule has 10 heteroatoms. The second-order valence-corrected chi connectivity index (χ2v) is 8.96. The van der Waals surface area contributed by atoms with E-state index in [2.05, 4.69) is 9.44 Å². The van der Waals surface area contributed by atoms with E-state index < -0.39 is 20.0 Å². The lowest BCUT2D eigenvalue weighted by molar-refractivity contribution is 0.196. The first-order valence-corrected chi connectivity index (χ1v) is 9.46. The predicted molar refractivity (Wildman–Crippen MR) is 75.4 cm³/mol. The topological polar surface area (TPSA) is 102 Å². The molecule has 1 aliphatic rings. The van der Waals surface area contributed by atoms with Crippen LogP contribution in [0.4, 0.5) is 0 Å². The zero-order valence-electron chi connectivity index (χ0n) is 10.6. The van der Waals surface area contributed by atoms with E-state index >= 15 is 0 Å². The summed E-state index contributed by atoms with van der Waals surface area (Å²) in [4.78, 5) is 0. The van der Waals surface area contributed by atoms with Gasteiger partial charge in [-0.3, -0.25) is 4.72 Å². The van der Waals surface area contributed by atoms with Crippen molar-refractivity contribution in [2.45, 2.75) is 14.8 Å². The second-order valence-electron chi connectivity index (χ2n) is 4.01. The molecule has 0 spiro atoms. The zero-order chi connectivity index (χ0) is 14.8. The number of hydrogen-bond donors (Lipinski definition) is 2. The molecule has 0 unspecified atom stereocenters. The van der Waals surface area contributed by atoms with Gasteiger partial charge in [-0.2, -0.15) is 0 Å². The lowest BCUT2D eigenvalue weighted by atomic mass is 10.3. The van der Waals surface area contributed by atoms with Crippen LogP contribution >= 0.6 is 11.3 Å². The highest BCUT2D eigenvalue weighted by molar-refractivity contribution is 7.94. The monoisotopic (exact) mass is 338 g/mol. The van der Waals surface area contributed by atoms with Gasteiger partial charge in [0.2, 0.25) is 10.0 Å². The molecule has 0 aliphatic carbocycles. The molecular formula is C10H14N2O5S3. The van der Waals surface area contributed by atoms with Gasteiger partial charge in [0.25, 0.3) is 10.0 Å². The minimum absolute atomic E-state index is 0.0114. The number of methoxy groups -OCH3 is 1. The summed E-state index contributed by atoms with van der Waals surface area (Å²) < 4.78 is 57.0. The van der Waals surface area contributed by atoms with Crippen molar-refractivity contribution in [3.05, 3.63) is 17.8 Å². The molecule has 0 radical (unpaired) electrons. The van der Waals surface area contributed by atoms with Gasteiger partial charge in [-0.25, -0.2) is 21.6 Å². The van der Waals surface area contributed by atoms with E-state index in [0.29, 0.717) is 18.6 Å². The molecule has 112 valence electrons. The first-order chi connectivity index (χ1) is 9.37. The maximum Gasteiger partial charge on any atom is 0.271 e. The Hall–Kier alpha value is -0.940. The predicted octanol–water partition coefficient (Wildman–Crippen LogP) is 0.326. The first kappa shape index (κ1) is 15.4. The van der Waals surface area contributed by atoms with Crippen molar-refractivity contribution in [3.8, 4) is 0 Å². The first-order valence-electron chi connectivity index (χ1n) is 5.68. The van der Waals surface area contributed by atoms with E-state index in [1.807, 2.05) is 0 Å². The van der Waals surface area contributed by atoms with E-state index in [1.54, 1.807) is 0 Å². The molecule has 2 N–H and O–H groups in total. The molecule has 1 aliphatic heterocycles. The van der Waals surface area contributed by atoms with E-state index in [-0.39, 0.29) is 15.0 Å². The van der Waals surface area contributed by atoms with Gasteiger partial charge in [0.15, 0.2) is 0 Å². The Labute approximate surface area is 121 Å². The summed E-state index contributed by atoms with van der Waals surface area (Å²) in [7, 11) is -5.81. The fourth-order valence-corrected chi connectivity index (χ4v) is 5.70. The van der Waals surface area contributed by atoms with Gasteiger partial charge in [0, 0.05) is 32.0 Å². The van der Waals surface area contributed by atoms with Crippen LogP contribution in [-0.4, -0.2) is 37.1 Å². The Morgan fingerprint density at radius 3 is 2.85 bits per heavy atom. The van der Waals surface area contributed by atoms with Crippen LogP contribution in [0, 0.1) is 0 Å². The van der Waals surface area contributed by atoms with Crippen LogP contribution in [-0.2, 0) is 24.8 Å². The molecule has 0 atom stereocenters. The molecule has 0 fully saturated rings. The van der Waals surface area contributed by atoms with Crippen LogP contribution in [0.5, 0.6) is 0 Å². The van der Waals surface area contributed by atoms with Gasteiger partial charge in [0.1, 0.15) is 8.42 Å². The van der Waals surface area contributed by atoms with Crippen LogP contribution in [0.15, 0.2) is 20.7 Å². The van der Waals surface area contributed by atoms with Crippen molar-refractivity contribution in [2.75, 3.05) is 20.3 Å². The maximum absolute atomic E-state index is 12.0. The van der Waals surface area contributed by atoms with Gasteiger partial charge in [-0.15, -0.1) is 11.3 Å². The summed E-state index contributed by atoms with van der Waals surface area (Å²) in [6.07, 6.45) is 3.34. The molecule has 0 bridgehead atoms. The van der Waals surface area contributed by atoms with Crippen molar-refractivity contribution in [3.63, 3.8) is 0 Å². The Morgan fingerprint density at radius 1 is 1.45 bits per heavy atom. The molecule has 7 nitrogen and oxygen atoms in total. The summed E-state index contributed by atoms with van der Waals surface area (Å²) in [6.45, 7) is 0.685. The molecule has 1 aromatic rings. The van der Waals surface area contributed by atoms with Crippen molar-refractivity contribution in [2.24, 2.45) is 0 Å². The highest BCUT2D eigenvalue weighted by atomic mass is 32.3. The normalized spacial score (nSPS) is 16.6. The number of nitrogens with one attached hydrogen (secondary N) is 2. The fraction of sp³-hybridized carbons (Fsp3) is 0.400. The Balaban J connectivity index is 2.22. The fourth-order valence-electron chi connectivity index (χ4n) is 1.59. The lowest BCUT2D eigenvalue weighted by Gasteiger charge is -2.06. The molecular weight excluding hydrogens is 324 g/mol. The minimum Gasteiger partial charge on any atom is -0.385 e. The van der Waals surface area contributed by atoms with Crippen LogP contribution in [0.3, 0.4) is 0 Å². The highest BCUT2D eigenvalue weighted by Gasteiger charge is 2.27. The molecule has 1 aromatic heterocycles. The lowest BCUT2D eigenvalue weighted by Crippen LogP contribution is -2.24. The SMILES string of the molecule is COCCCNS(=O)(=O)c1cc2c(s1)S(=O)(=O)NC=C2. The second kappa shape index (κ2) is 5.82. The summed E-state index contributed by atoms with van der Waals surface area (Å²) in [6, 6.07) is 1.35. The van der Waals surface area contributed by atoms with Crippen LogP contribution in [0.25, 0.3) is 6.08 Å². The third-order valence-corrected chi connectivity index (χ3v) is 7.47. The van der Waals surface area contributed by atoms with Crippen molar-refractivity contribution in [1.29, 1.82) is 0 Å². The maximum atomic E-state index is 12.0. The van der Waals surface area contributed by atoms with Crippen molar-refractivity contribution in [1.82, 2.24) is 9.44 Å². The number of thiophene rings is 1. The van der Waals surface area contributed by atoms with Gasteiger partial charge in [-0.1, -0.05) is 0 Å². The van der Waals surface area contributed by atoms with Crippen LogP contribution in [0.1, 0.15) is 12.0 Å². The molecule has 2 rings (SSSR count). The number of sulfonamides is 2. The Morgan fingerprint density at radius 2 is 2.20 bits per heavy atom. The summed E-state index contributed by atoms with van der Waals surface area (Å²) in [5.41, 5.74) is 0.381. The number of rotatable bonds is 6. The smallest absolute Gasteiger partial charge is 0.271 e. The summed E-state index contributed by atoms with van der Waals surface area (Å²) in [5.74, 6) is 0. The molecule has 20 heavy (non-hydrogen) atoms. The van der Waals surface area contributed by atoms with E-state index in [9.17, 15) is 16.8 Å². The molecule has 0 saturated heterocycles. The van der Waals surface area contributed by atoms with Crippen molar-refractivity contribution < 1.29 is 21.6 Å². The molecule has 0 aromatic carbocycles. The minimum atomic E-state index is -3.70. The Bertz CT molecular complexity index is 718. The standard InChI is InChI=1S/C10H14N2O5S3/c1-17-6-2-4-11-19(13,14)9-7-8-3-5-12-20(15,16)10(8)18-9/h3,5,7,11-12H,2,4,6H2,1H3. The number of ether oxygens (including phenoxy) is 1. The quantitative estimate of drug-likeness (QED) is 0.728. The zero-order valence-corrected chi connectivity index (χ0v) is 13.1. The summed E-state index contributed by atoms with van der Waals surface area (Å²) in [5, 5.41) is 0.